The van der Waals surface area contributed by atoms with Crippen LogP contribution < -0.4 is 4.74 Å². The lowest BCUT2D eigenvalue weighted by Gasteiger charge is -2.24. The molecule has 0 atom stereocenters. The number of nitrogens with zero attached hydrogens (tertiary/aromatic N) is 2. The smallest absolute Gasteiger partial charge is 0.410 e. The van der Waals surface area contributed by atoms with Crippen molar-refractivity contribution >= 4 is 23.0 Å². The first-order chi connectivity index (χ1) is 14.6. The second kappa shape index (κ2) is 8.67. The van der Waals surface area contributed by atoms with E-state index in [1.165, 1.54) is 18.2 Å². The number of furan rings is 1. The highest BCUT2D eigenvalue weighted by Crippen LogP contribution is 2.34. The second-order valence-electron chi connectivity index (χ2n) is 8.07. The van der Waals surface area contributed by atoms with Gasteiger partial charge in [-0.2, -0.15) is 0 Å². The Hall–Kier alpha value is -3.55. The van der Waals surface area contributed by atoms with Crippen molar-refractivity contribution < 1.29 is 28.2 Å². The standard InChI is InChI=1S/C23H26N2O6/c1-23(2,3)31-22(27)25(4)13-17-10-16-9-15(11-19(28-5)20(16)30-17)18-8-7-14(12-24-18)21(26)29-6/h7-12H,13H2,1-6H3. The van der Waals surface area contributed by atoms with E-state index in [2.05, 4.69) is 4.98 Å². The van der Waals surface area contributed by atoms with Crippen LogP contribution in [0.25, 0.3) is 22.2 Å². The molecule has 0 fully saturated rings. The van der Waals surface area contributed by atoms with Gasteiger partial charge in [-0.05, 0) is 51.1 Å². The average Bonchev–Trinajstić information content (AvgIpc) is 3.13. The molecule has 8 heteroatoms. The highest BCUT2D eigenvalue weighted by Gasteiger charge is 2.21. The summed E-state index contributed by atoms with van der Waals surface area (Å²) in [6, 6.07) is 8.97. The minimum atomic E-state index is -0.576. The molecule has 3 aromatic rings. The molecule has 1 aromatic carbocycles. The molecule has 2 heterocycles. The minimum Gasteiger partial charge on any atom is -0.493 e. The maximum absolute atomic E-state index is 12.2. The number of rotatable bonds is 5. The highest BCUT2D eigenvalue weighted by atomic mass is 16.6. The van der Waals surface area contributed by atoms with Gasteiger partial charge in [0.15, 0.2) is 11.3 Å². The fraction of sp³-hybridized carbons (Fsp3) is 0.348. The molecule has 164 valence electrons. The molecular weight excluding hydrogens is 400 g/mol. The highest BCUT2D eigenvalue weighted by molar-refractivity contribution is 5.91. The molecule has 0 aliphatic rings. The van der Waals surface area contributed by atoms with Gasteiger partial charge in [0, 0.05) is 24.2 Å². The monoisotopic (exact) mass is 426 g/mol. The number of amides is 1. The zero-order valence-electron chi connectivity index (χ0n) is 18.5. The van der Waals surface area contributed by atoms with Gasteiger partial charge < -0.3 is 23.5 Å². The third-order valence-electron chi connectivity index (χ3n) is 4.43. The van der Waals surface area contributed by atoms with E-state index in [0.717, 1.165) is 10.9 Å². The summed E-state index contributed by atoms with van der Waals surface area (Å²) in [5.41, 5.74) is 1.84. The molecule has 0 saturated heterocycles. The summed E-state index contributed by atoms with van der Waals surface area (Å²) < 4.78 is 21.5. The molecule has 0 saturated carbocycles. The second-order valence-corrected chi connectivity index (χ2v) is 8.07. The summed E-state index contributed by atoms with van der Waals surface area (Å²) in [7, 11) is 4.53. The third kappa shape index (κ3) is 5.14. The summed E-state index contributed by atoms with van der Waals surface area (Å²) in [5.74, 6) is 0.686. The Balaban J connectivity index is 1.89. The molecule has 0 unspecified atom stereocenters. The van der Waals surface area contributed by atoms with Gasteiger partial charge in [0.2, 0.25) is 0 Å². The van der Waals surface area contributed by atoms with Gasteiger partial charge in [-0.1, -0.05) is 0 Å². The van der Waals surface area contributed by atoms with Crippen molar-refractivity contribution in [2.24, 2.45) is 0 Å². The summed E-state index contributed by atoms with van der Waals surface area (Å²) in [5, 5.41) is 0.806. The fourth-order valence-corrected chi connectivity index (χ4v) is 2.99. The minimum absolute atomic E-state index is 0.244. The average molecular weight is 426 g/mol. The van der Waals surface area contributed by atoms with Gasteiger partial charge in [0.05, 0.1) is 32.0 Å². The number of hydrogen-bond donors (Lipinski definition) is 0. The zero-order chi connectivity index (χ0) is 22.8. The number of carbonyl (C=O) groups excluding carboxylic acids is 2. The van der Waals surface area contributed by atoms with Crippen LogP contribution >= 0.6 is 0 Å². The Kier molecular flexibility index (Phi) is 6.19. The number of carbonyl (C=O) groups is 2. The van der Waals surface area contributed by atoms with Crippen molar-refractivity contribution in [3.8, 4) is 17.0 Å². The Labute approximate surface area is 180 Å². The van der Waals surface area contributed by atoms with Gasteiger partial charge in [-0.15, -0.1) is 0 Å². The number of pyridine rings is 1. The van der Waals surface area contributed by atoms with E-state index in [-0.39, 0.29) is 6.54 Å². The van der Waals surface area contributed by atoms with E-state index in [1.807, 2.05) is 39.0 Å². The molecular formula is C23H26N2O6. The fourth-order valence-electron chi connectivity index (χ4n) is 2.99. The molecule has 2 aromatic heterocycles. The van der Waals surface area contributed by atoms with Crippen molar-refractivity contribution in [2.75, 3.05) is 21.3 Å². The summed E-state index contributed by atoms with van der Waals surface area (Å²) in [4.78, 5) is 29.7. The van der Waals surface area contributed by atoms with Crippen LogP contribution in [0.2, 0.25) is 0 Å². The molecule has 0 radical (unpaired) electrons. The third-order valence-corrected chi connectivity index (χ3v) is 4.43. The number of hydrogen-bond acceptors (Lipinski definition) is 7. The van der Waals surface area contributed by atoms with Crippen LogP contribution in [0.3, 0.4) is 0 Å². The van der Waals surface area contributed by atoms with Gasteiger partial charge in [0.1, 0.15) is 11.4 Å². The topological polar surface area (TPSA) is 91.1 Å². The maximum Gasteiger partial charge on any atom is 0.410 e. The van der Waals surface area contributed by atoms with Crippen LogP contribution in [0.1, 0.15) is 36.9 Å². The van der Waals surface area contributed by atoms with Gasteiger partial charge >= 0.3 is 12.1 Å². The molecule has 0 N–H and O–H groups in total. The van der Waals surface area contributed by atoms with Crippen LogP contribution in [0, 0.1) is 0 Å². The first-order valence-electron chi connectivity index (χ1n) is 9.70. The number of aromatic nitrogens is 1. The quantitative estimate of drug-likeness (QED) is 0.548. The SMILES string of the molecule is COC(=O)c1ccc(-c2cc(OC)c3oc(CN(C)C(=O)OC(C)(C)C)cc3c2)nc1. The number of methoxy groups -OCH3 is 2. The van der Waals surface area contributed by atoms with Gasteiger partial charge in [0.25, 0.3) is 0 Å². The Morgan fingerprint density at radius 1 is 1.13 bits per heavy atom. The van der Waals surface area contributed by atoms with Crippen LogP contribution in [0.4, 0.5) is 4.79 Å². The molecule has 31 heavy (non-hydrogen) atoms. The molecule has 0 bridgehead atoms. The normalized spacial score (nSPS) is 11.3. The number of esters is 1. The van der Waals surface area contributed by atoms with Crippen LogP contribution in [-0.2, 0) is 16.0 Å². The predicted molar refractivity (Wildman–Crippen MR) is 115 cm³/mol. The van der Waals surface area contributed by atoms with Crippen LogP contribution in [0.5, 0.6) is 5.75 Å². The van der Waals surface area contributed by atoms with E-state index in [1.54, 1.807) is 26.3 Å². The Morgan fingerprint density at radius 2 is 1.87 bits per heavy atom. The largest absolute Gasteiger partial charge is 0.493 e. The first-order valence-corrected chi connectivity index (χ1v) is 9.70. The van der Waals surface area contributed by atoms with Gasteiger partial charge in [-0.3, -0.25) is 4.98 Å². The maximum atomic E-state index is 12.2. The van der Waals surface area contributed by atoms with E-state index in [4.69, 9.17) is 18.6 Å². The van der Waals surface area contributed by atoms with Crippen molar-refractivity contribution in [1.82, 2.24) is 9.88 Å². The predicted octanol–water partition coefficient (Wildman–Crippen LogP) is 4.66. The van der Waals surface area contributed by atoms with E-state index >= 15 is 0 Å². The zero-order valence-corrected chi connectivity index (χ0v) is 18.5. The molecule has 3 rings (SSSR count). The Bertz CT molecular complexity index is 1100. The number of ether oxygens (including phenoxy) is 3. The summed E-state index contributed by atoms with van der Waals surface area (Å²) >= 11 is 0. The molecule has 0 aliphatic carbocycles. The van der Waals surface area contributed by atoms with Crippen LogP contribution in [-0.4, -0.2) is 48.8 Å². The molecule has 0 aliphatic heterocycles. The molecule has 1 amide bonds. The van der Waals surface area contributed by atoms with E-state index < -0.39 is 17.7 Å². The van der Waals surface area contributed by atoms with Gasteiger partial charge in [-0.25, -0.2) is 9.59 Å². The first kappa shape index (κ1) is 22.1. The summed E-state index contributed by atoms with van der Waals surface area (Å²) in [6.45, 7) is 5.70. The lowest BCUT2D eigenvalue weighted by atomic mass is 10.1. The lowest BCUT2D eigenvalue weighted by molar-refractivity contribution is 0.0275. The lowest BCUT2D eigenvalue weighted by Crippen LogP contribution is -2.33. The van der Waals surface area contributed by atoms with E-state index in [0.29, 0.717) is 28.4 Å². The molecule has 8 nitrogen and oxygen atoms in total. The van der Waals surface area contributed by atoms with Crippen molar-refractivity contribution in [3.63, 3.8) is 0 Å². The van der Waals surface area contributed by atoms with Crippen molar-refractivity contribution in [1.29, 1.82) is 0 Å². The Morgan fingerprint density at radius 3 is 2.45 bits per heavy atom. The number of fused-ring (bicyclic) bond motifs is 1. The van der Waals surface area contributed by atoms with E-state index in [9.17, 15) is 9.59 Å². The van der Waals surface area contributed by atoms with Crippen molar-refractivity contribution in [2.45, 2.75) is 32.9 Å². The van der Waals surface area contributed by atoms with Crippen molar-refractivity contribution in [3.05, 3.63) is 47.9 Å². The number of benzene rings is 1. The van der Waals surface area contributed by atoms with Crippen LogP contribution in [0.15, 0.2) is 40.9 Å². The molecule has 0 spiro atoms. The summed E-state index contributed by atoms with van der Waals surface area (Å²) in [6.07, 6.45) is 1.03.